The highest BCUT2D eigenvalue weighted by atomic mass is 15.2. The summed E-state index contributed by atoms with van der Waals surface area (Å²) in [7, 11) is 0. The molecule has 0 saturated carbocycles. The summed E-state index contributed by atoms with van der Waals surface area (Å²) in [5, 5.41) is 3.45. The smallest absolute Gasteiger partial charge is 0.161 e. The maximum Gasteiger partial charge on any atom is 0.161 e. The number of aromatic nitrogens is 2. The van der Waals surface area contributed by atoms with E-state index in [1.165, 1.54) is 61.0 Å². The van der Waals surface area contributed by atoms with Crippen molar-refractivity contribution in [2.45, 2.75) is 38.5 Å². The second kappa shape index (κ2) is 12.3. The summed E-state index contributed by atoms with van der Waals surface area (Å²) < 4.78 is 0. The van der Waals surface area contributed by atoms with Gasteiger partial charge in [-0.25, -0.2) is 9.97 Å². The second-order valence-electron chi connectivity index (χ2n) is 16.5. The lowest BCUT2D eigenvalue weighted by molar-refractivity contribution is 0.640. The van der Waals surface area contributed by atoms with E-state index in [-0.39, 0.29) is 10.8 Å². The first kappa shape index (κ1) is 33.5. The highest BCUT2D eigenvalue weighted by molar-refractivity contribution is 6.09. The van der Waals surface area contributed by atoms with Crippen LogP contribution in [0.25, 0.3) is 66.6 Å². The van der Waals surface area contributed by atoms with Gasteiger partial charge in [0.25, 0.3) is 0 Å². The molecule has 0 fully saturated rings. The van der Waals surface area contributed by atoms with Gasteiger partial charge in [0.2, 0.25) is 0 Å². The molecule has 57 heavy (non-hydrogen) atoms. The zero-order chi connectivity index (χ0) is 38.5. The highest BCUT2D eigenvalue weighted by Crippen LogP contribution is 2.65. The van der Waals surface area contributed by atoms with Gasteiger partial charge in [0, 0.05) is 38.7 Å². The lowest BCUT2D eigenvalue weighted by Crippen LogP contribution is -2.26. The molecule has 0 amide bonds. The number of anilines is 3. The third-order valence-corrected chi connectivity index (χ3v) is 12.6. The van der Waals surface area contributed by atoms with Gasteiger partial charge >= 0.3 is 0 Å². The van der Waals surface area contributed by atoms with Gasteiger partial charge in [-0.2, -0.15) is 0 Å². The fourth-order valence-electron chi connectivity index (χ4n) is 10.0. The number of para-hydroxylation sites is 3. The lowest BCUT2D eigenvalue weighted by Gasteiger charge is -2.37. The molecule has 0 aliphatic heterocycles. The maximum absolute atomic E-state index is 5.71. The van der Waals surface area contributed by atoms with Crippen molar-refractivity contribution in [3.05, 3.63) is 198 Å². The Balaban J connectivity index is 1.34. The van der Waals surface area contributed by atoms with Gasteiger partial charge in [-0.3, -0.25) is 0 Å². The fraction of sp³-hybridized carbons (Fsp3) is 0.111. The SMILES string of the molecule is CC1(C)c2ccccc2-c2c(-c3nc(-c4ccc5ccccc5c4)c4ccccc4n3)c3c(c(N(c4ccccc4)c4ccccc4)c21)C(C)(C)c1ccccc1-3. The first-order valence-corrected chi connectivity index (χ1v) is 19.9. The van der Waals surface area contributed by atoms with Crippen LogP contribution in [0.1, 0.15) is 49.9 Å². The van der Waals surface area contributed by atoms with Crippen molar-refractivity contribution in [2.24, 2.45) is 0 Å². The average molecular weight is 732 g/mol. The van der Waals surface area contributed by atoms with Crippen LogP contribution in [0.2, 0.25) is 0 Å². The Morgan fingerprint density at radius 2 is 0.947 bits per heavy atom. The summed E-state index contributed by atoms with van der Waals surface area (Å²) in [4.78, 5) is 13.8. The van der Waals surface area contributed by atoms with Crippen LogP contribution < -0.4 is 4.90 Å². The van der Waals surface area contributed by atoms with Gasteiger partial charge in [-0.15, -0.1) is 0 Å². The molecule has 2 aliphatic rings. The summed E-state index contributed by atoms with van der Waals surface area (Å²) >= 11 is 0. The van der Waals surface area contributed by atoms with E-state index in [9.17, 15) is 0 Å². The average Bonchev–Trinajstić information content (AvgIpc) is 3.64. The minimum Gasteiger partial charge on any atom is -0.310 e. The molecule has 0 saturated heterocycles. The molecule has 0 N–H and O–H groups in total. The van der Waals surface area contributed by atoms with Gasteiger partial charge in [-0.05, 0) is 91.7 Å². The van der Waals surface area contributed by atoms with Crippen LogP contribution in [0, 0.1) is 0 Å². The van der Waals surface area contributed by atoms with Gasteiger partial charge in [0.1, 0.15) is 0 Å². The van der Waals surface area contributed by atoms with Crippen molar-refractivity contribution in [1.29, 1.82) is 0 Å². The summed E-state index contributed by atoms with van der Waals surface area (Å²) in [6.45, 7) is 9.62. The summed E-state index contributed by atoms with van der Waals surface area (Å²) in [5.74, 6) is 0.752. The molecule has 3 nitrogen and oxygen atoms in total. The molecule has 1 heterocycles. The molecule has 0 atom stereocenters. The minimum atomic E-state index is -0.351. The fourth-order valence-corrected chi connectivity index (χ4v) is 10.0. The summed E-state index contributed by atoms with van der Waals surface area (Å²) in [6, 6.07) is 63.6. The standard InChI is InChI=1S/C54H41N3/c1-53(2)42-28-16-13-25-39(42)45-47(52-55-44-30-18-15-27-41(44)50(56-52)36-32-31-34-19-11-12-20-35(34)33-36)46-40-26-14-17-29-43(40)54(3,4)49(46)51(48(45)53)57(37-21-7-5-8-22-37)38-23-9-6-10-24-38/h5-33H,1-4H3. The minimum absolute atomic E-state index is 0.351. The molecule has 3 heteroatoms. The predicted molar refractivity (Wildman–Crippen MR) is 238 cm³/mol. The Bertz CT molecular complexity index is 2940. The van der Waals surface area contributed by atoms with E-state index in [1.54, 1.807) is 0 Å². The number of benzene rings is 8. The van der Waals surface area contributed by atoms with Gasteiger partial charge in [-0.1, -0.05) is 167 Å². The van der Waals surface area contributed by atoms with E-state index in [1.807, 2.05) is 0 Å². The topological polar surface area (TPSA) is 29.0 Å². The molecule has 272 valence electrons. The molecular weight excluding hydrogens is 691 g/mol. The second-order valence-corrected chi connectivity index (χ2v) is 16.5. The van der Waals surface area contributed by atoms with Crippen LogP contribution in [-0.2, 0) is 10.8 Å². The molecular formula is C54H41N3. The Labute approximate surface area is 334 Å². The Kier molecular flexibility index (Phi) is 7.25. The predicted octanol–water partition coefficient (Wildman–Crippen LogP) is 14.2. The van der Waals surface area contributed by atoms with E-state index < -0.39 is 0 Å². The number of hydrogen-bond donors (Lipinski definition) is 0. The van der Waals surface area contributed by atoms with Crippen molar-refractivity contribution < 1.29 is 0 Å². The van der Waals surface area contributed by atoms with Crippen molar-refractivity contribution in [3.8, 4) is 44.9 Å². The molecule has 8 aromatic carbocycles. The van der Waals surface area contributed by atoms with Crippen molar-refractivity contribution in [3.63, 3.8) is 0 Å². The van der Waals surface area contributed by atoms with Gasteiger partial charge in [0.15, 0.2) is 5.82 Å². The monoisotopic (exact) mass is 731 g/mol. The van der Waals surface area contributed by atoms with E-state index >= 15 is 0 Å². The molecule has 2 aliphatic carbocycles. The van der Waals surface area contributed by atoms with Crippen LogP contribution in [0.3, 0.4) is 0 Å². The first-order valence-electron chi connectivity index (χ1n) is 19.9. The van der Waals surface area contributed by atoms with Crippen molar-refractivity contribution >= 4 is 38.7 Å². The van der Waals surface area contributed by atoms with Crippen LogP contribution in [-0.4, -0.2) is 9.97 Å². The quantitative estimate of drug-likeness (QED) is 0.176. The Morgan fingerprint density at radius 1 is 0.439 bits per heavy atom. The van der Waals surface area contributed by atoms with Crippen molar-refractivity contribution in [2.75, 3.05) is 4.90 Å². The maximum atomic E-state index is 5.71. The van der Waals surface area contributed by atoms with E-state index in [0.29, 0.717) is 0 Å². The first-order chi connectivity index (χ1) is 27.8. The highest BCUT2D eigenvalue weighted by Gasteiger charge is 2.49. The molecule has 1 aromatic heterocycles. The Morgan fingerprint density at radius 3 is 1.56 bits per heavy atom. The van der Waals surface area contributed by atoms with E-state index in [4.69, 9.17) is 9.97 Å². The summed E-state index contributed by atoms with van der Waals surface area (Å²) in [5.41, 5.74) is 17.0. The molecule has 0 radical (unpaired) electrons. The number of fused-ring (bicyclic) bond motifs is 8. The lowest BCUT2D eigenvalue weighted by atomic mass is 9.74. The van der Waals surface area contributed by atoms with Gasteiger partial charge < -0.3 is 4.90 Å². The van der Waals surface area contributed by atoms with E-state index in [0.717, 1.165) is 44.9 Å². The Hall–Kier alpha value is -6.84. The molecule has 9 aromatic rings. The molecule has 0 bridgehead atoms. The number of nitrogens with zero attached hydrogens (tertiary/aromatic N) is 3. The number of rotatable bonds is 5. The van der Waals surface area contributed by atoms with Crippen molar-refractivity contribution in [1.82, 2.24) is 9.97 Å². The molecule has 0 spiro atoms. The summed E-state index contributed by atoms with van der Waals surface area (Å²) in [6.07, 6.45) is 0. The zero-order valence-electron chi connectivity index (χ0n) is 32.6. The van der Waals surface area contributed by atoms with Gasteiger partial charge in [0.05, 0.1) is 16.9 Å². The van der Waals surface area contributed by atoms with Crippen LogP contribution in [0.15, 0.2) is 176 Å². The van der Waals surface area contributed by atoms with Crippen LogP contribution in [0.5, 0.6) is 0 Å². The number of hydrogen-bond acceptors (Lipinski definition) is 3. The van der Waals surface area contributed by atoms with Crippen LogP contribution in [0.4, 0.5) is 17.1 Å². The third kappa shape index (κ3) is 4.85. The zero-order valence-corrected chi connectivity index (χ0v) is 32.6. The normalized spacial score (nSPS) is 14.2. The molecule has 0 unspecified atom stereocenters. The third-order valence-electron chi connectivity index (χ3n) is 12.6. The molecule has 11 rings (SSSR count). The largest absolute Gasteiger partial charge is 0.310 e. The van der Waals surface area contributed by atoms with Crippen LogP contribution >= 0.6 is 0 Å². The van der Waals surface area contributed by atoms with E-state index in [2.05, 4.69) is 209 Å².